The van der Waals surface area contributed by atoms with Crippen LogP contribution in [0.15, 0.2) is 18.2 Å². The van der Waals surface area contributed by atoms with Crippen LogP contribution >= 0.6 is 11.6 Å². The lowest BCUT2D eigenvalue weighted by molar-refractivity contribution is -0.128. The van der Waals surface area contributed by atoms with E-state index in [1.54, 1.807) is 6.92 Å². The highest BCUT2D eigenvalue weighted by molar-refractivity contribution is 7.92. The lowest BCUT2D eigenvalue weighted by Gasteiger charge is -2.30. The van der Waals surface area contributed by atoms with Crippen LogP contribution in [0.25, 0.3) is 0 Å². The van der Waals surface area contributed by atoms with E-state index in [-0.39, 0.29) is 34.1 Å². The normalized spacial score (nSPS) is 23.2. The van der Waals surface area contributed by atoms with E-state index >= 15 is 0 Å². The van der Waals surface area contributed by atoms with E-state index in [0.717, 1.165) is 31.9 Å². The largest absolute Gasteiger partial charge is 0.368 e. The minimum atomic E-state index is -3.53. The molecule has 1 saturated carbocycles. The Balaban J connectivity index is 1.77. The number of rotatable bonds is 8. The Labute approximate surface area is 199 Å². The second-order valence-electron chi connectivity index (χ2n) is 9.29. The van der Waals surface area contributed by atoms with Gasteiger partial charge in [-0.2, -0.15) is 0 Å². The van der Waals surface area contributed by atoms with E-state index in [4.69, 9.17) is 16.3 Å². The fraction of sp³-hybridized carbons (Fsp3) is 0.591. The molecular formula is C22H30ClN3O6S. The number of sulfonamides is 1. The molecule has 11 heteroatoms. The van der Waals surface area contributed by atoms with Crippen molar-refractivity contribution in [2.45, 2.75) is 64.1 Å². The molecule has 1 saturated heterocycles. The van der Waals surface area contributed by atoms with Gasteiger partial charge in [-0.3, -0.25) is 19.1 Å². The van der Waals surface area contributed by atoms with Gasteiger partial charge in [0.15, 0.2) is 5.78 Å². The summed E-state index contributed by atoms with van der Waals surface area (Å²) in [7, 11) is -3.53. The third kappa shape index (κ3) is 6.68. The zero-order valence-electron chi connectivity index (χ0n) is 18.9. The zero-order chi connectivity index (χ0) is 24.4. The molecule has 3 N–H and O–H groups in total. The summed E-state index contributed by atoms with van der Waals surface area (Å²) in [5, 5.41) is 5.58. The molecule has 1 aliphatic heterocycles. The van der Waals surface area contributed by atoms with Crippen molar-refractivity contribution in [1.29, 1.82) is 0 Å². The zero-order valence-corrected chi connectivity index (χ0v) is 20.5. The van der Waals surface area contributed by atoms with E-state index in [1.807, 2.05) is 0 Å². The molecule has 182 valence electrons. The number of carbonyl (C=O) groups is 3. The Morgan fingerprint density at radius 3 is 2.48 bits per heavy atom. The molecule has 2 fully saturated rings. The number of benzene rings is 1. The third-order valence-electron chi connectivity index (χ3n) is 6.26. The first-order chi connectivity index (χ1) is 15.4. The molecule has 1 unspecified atom stereocenters. The lowest BCUT2D eigenvalue weighted by Crippen LogP contribution is -2.54. The van der Waals surface area contributed by atoms with E-state index < -0.39 is 40.0 Å². The number of nitrogens with one attached hydrogen (secondary N) is 3. The minimum Gasteiger partial charge on any atom is -0.368 e. The second kappa shape index (κ2) is 9.99. The van der Waals surface area contributed by atoms with Crippen LogP contribution in [0, 0.1) is 5.41 Å². The molecule has 3 rings (SSSR count). The molecule has 3 atom stereocenters. The molecular weight excluding hydrogens is 470 g/mol. The molecule has 33 heavy (non-hydrogen) atoms. The molecule has 0 radical (unpaired) electrons. The molecule has 9 nitrogen and oxygen atoms in total. The van der Waals surface area contributed by atoms with Crippen LogP contribution in [-0.2, 0) is 24.3 Å². The topological polar surface area (TPSA) is 131 Å². The molecule has 0 aromatic heterocycles. The van der Waals surface area contributed by atoms with Crippen molar-refractivity contribution in [3.63, 3.8) is 0 Å². The van der Waals surface area contributed by atoms with Crippen LogP contribution in [0.2, 0.25) is 5.02 Å². The van der Waals surface area contributed by atoms with E-state index in [1.165, 1.54) is 18.2 Å². The van der Waals surface area contributed by atoms with E-state index in [0.29, 0.717) is 6.42 Å². The van der Waals surface area contributed by atoms with Gasteiger partial charge >= 0.3 is 0 Å². The summed E-state index contributed by atoms with van der Waals surface area (Å²) in [6.07, 6.45) is 5.02. The van der Waals surface area contributed by atoms with Gasteiger partial charge in [-0.15, -0.1) is 0 Å². The predicted octanol–water partition coefficient (Wildman–Crippen LogP) is 2.25. The highest BCUT2D eigenvalue weighted by Gasteiger charge is 2.39. The molecule has 0 spiro atoms. The van der Waals surface area contributed by atoms with Crippen molar-refractivity contribution in [2.24, 2.45) is 5.41 Å². The van der Waals surface area contributed by atoms with Crippen LogP contribution in [-0.4, -0.2) is 57.1 Å². The first-order valence-electron chi connectivity index (χ1n) is 10.9. The molecule has 1 aromatic rings. The monoisotopic (exact) mass is 499 g/mol. The van der Waals surface area contributed by atoms with E-state index in [9.17, 15) is 22.8 Å². The maximum Gasteiger partial charge on any atom is 0.251 e. The highest BCUT2D eigenvalue weighted by atomic mass is 35.5. The minimum absolute atomic E-state index is 0.0484. The van der Waals surface area contributed by atoms with Gasteiger partial charge < -0.3 is 15.4 Å². The summed E-state index contributed by atoms with van der Waals surface area (Å²) in [5.41, 5.74) is 0.233. The van der Waals surface area contributed by atoms with Crippen molar-refractivity contribution in [2.75, 3.05) is 17.6 Å². The Morgan fingerprint density at radius 1 is 1.27 bits per heavy atom. The average Bonchev–Trinajstić information content (AvgIpc) is 3.28. The van der Waals surface area contributed by atoms with Gasteiger partial charge in [-0.1, -0.05) is 31.4 Å². The molecule has 1 aliphatic carbocycles. The standard InChI is InChI=1S/C22H30ClN3O6S/c1-13-19(18(27)12-32-13)25-21(29)17(11-22(2)8-4-5-9-22)24-20(28)14-6-7-16(15(23)10-14)26-33(3,30)31/h6-7,10,13,17,19,26H,4-5,8-9,11-12H2,1-3H3,(H,24,28)(H,25,29)/t13-,17-,19?/m0/s1. The Morgan fingerprint density at radius 2 is 1.94 bits per heavy atom. The summed E-state index contributed by atoms with van der Waals surface area (Å²) < 4.78 is 30.5. The summed E-state index contributed by atoms with van der Waals surface area (Å²) in [5.74, 6) is -1.16. The Bertz CT molecular complexity index is 1040. The second-order valence-corrected chi connectivity index (χ2v) is 11.4. The maximum absolute atomic E-state index is 13.1. The number of anilines is 1. The van der Waals surface area contributed by atoms with Crippen molar-refractivity contribution in [1.82, 2.24) is 10.6 Å². The number of hydrogen-bond donors (Lipinski definition) is 3. The van der Waals surface area contributed by atoms with Crippen LogP contribution in [0.5, 0.6) is 0 Å². The van der Waals surface area contributed by atoms with Gasteiger partial charge in [0.05, 0.1) is 23.1 Å². The highest BCUT2D eigenvalue weighted by Crippen LogP contribution is 2.41. The van der Waals surface area contributed by atoms with Crippen molar-refractivity contribution in [3.05, 3.63) is 28.8 Å². The fourth-order valence-electron chi connectivity index (χ4n) is 4.43. The van der Waals surface area contributed by atoms with Gasteiger partial charge in [0.1, 0.15) is 18.7 Å². The van der Waals surface area contributed by atoms with Crippen LogP contribution in [0.3, 0.4) is 0 Å². The number of ether oxygens (including phenoxy) is 1. The smallest absolute Gasteiger partial charge is 0.251 e. The van der Waals surface area contributed by atoms with Crippen LogP contribution in [0.1, 0.15) is 56.3 Å². The summed E-state index contributed by atoms with van der Waals surface area (Å²) in [6.45, 7) is 3.77. The number of Topliss-reactive ketones (excluding diaryl/α,β-unsaturated/α-hetero) is 1. The Hall–Kier alpha value is -2.17. The SMILES string of the molecule is C[C@@H]1OCC(=O)C1NC(=O)[C@H](CC1(C)CCCC1)NC(=O)c1ccc(NS(C)(=O)=O)c(Cl)c1. The lowest BCUT2D eigenvalue weighted by atomic mass is 9.81. The van der Waals surface area contributed by atoms with Crippen LogP contribution < -0.4 is 15.4 Å². The third-order valence-corrected chi connectivity index (χ3v) is 7.16. The summed E-state index contributed by atoms with van der Waals surface area (Å²) in [4.78, 5) is 38.2. The number of hydrogen-bond acceptors (Lipinski definition) is 6. The average molecular weight is 500 g/mol. The molecule has 2 aliphatic rings. The van der Waals surface area contributed by atoms with Crippen molar-refractivity contribution < 1.29 is 27.5 Å². The van der Waals surface area contributed by atoms with E-state index in [2.05, 4.69) is 22.3 Å². The number of ketones is 1. The van der Waals surface area contributed by atoms with Gasteiger partial charge in [0.25, 0.3) is 5.91 Å². The fourth-order valence-corrected chi connectivity index (χ4v) is 5.29. The number of carbonyl (C=O) groups excluding carboxylic acids is 3. The maximum atomic E-state index is 13.1. The first-order valence-corrected chi connectivity index (χ1v) is 13.2. The number of amides is 2. The molecule has 2 amide bonds. The predicted molar refractivity (Wildman–Crippen MR) is 125 cm³/mol. The van der Waals surface area contributed by atoms with Crippen molar-refractivity contribution in [3.8, 4) is 0 Å². The molecule has 0 bridgehead atoms. The van der Waals surface area contributed by atoms with Gasteiger partial charge in [-0.25, -0.2) is 8.42 Å². The number of halogens is 1. The van der Waals surface area contributed by atoms with Gasteiger partial charge in [-0.05, 0) is 49.8 Å². The summed E-state index contributed by atoms with van der Waals surface area (Å²) in [6, 6.07) is 2.56. The Kier molecular flexibility index (Phi) is 7.70. The summed E-state index contributed by atoms with van der Waals surface area (Å²) >= 11 is 6.15. The van der Waals surface area contributed by atoms with Gasteiger partial charge in [0.2, 0.25) is 15.9 Å². The van der Waals surface area contributed by atoms with Gasteiger partial charge in [0, 0.05) is 5.56 Å². The molecule has 1 heterocycles. The van der Waals surface area contributed by atoms with Crippen molar-refractivity contribution >= 4 is 44.9 Å². The quantitative estimate of drug-likeness (QED) is 0.503. The van der Waals surface area contributed by atoms with Crippen LogP contribution in [0.4, 0.5) is 5.69 Å². The molecule has 1 aromatic carbocycles. The first kappa shape index (κ1) is 25.5.